The fourth-order valence-corrected chi connectivity index (χ4v) is 2.53. The highest BCUT2D eigenvalue weighted by Crippen LogP contribution is 2.21. The summed E-state index contributed by atoms with van der Waals surface area (Å²) < 4.78 is 0.813. The van der Waals surface area contributed by atoms with Crippen molar-refractivity contribution in [3.63, 3.8) is 0 Å². The highest BCUT2D eigenvalue weighted by molar-refractivity contribution is 9.10. The van der Waals surface area contributed by atoms with Gasteiger partial charge in [0, 0.05) is 17.6 Å². The summed E-state index contributed by atoms with van der Waals surface area (Å²) in [5.41, 5.74) is 1.74. The van der Waals surface area contributed by atoms with E-state index in [4.69, 9.17) is 0 Å². The molecule has 0 radical (unpaired) electrons. The maximum atomic E-state index is 12.3. The minimum Gasteiger partial charge on any atom is -0.391 e. The number of amides is 1. The fraction of sp³-hybridized carbons (Fsp3) is 0.462. The van der Waals surface area contributed by atoms with Gasteiger partial charge in [0.05, 0.1) is 11.7 Å². The predicted molar refractivity (Wildman–Crippen MR) is 70.0 cm³/mol. The number of β-amino-alcohol motifs (C(OH)–C–C–N with tert-alkyl or cyclic N) is 1. The molecule has 1 unspecified atom stereocenters. The molecule has 1 heterocycles. The molecule has 1 saturated heterocycles. The van der Waals surface area contributed by atoms with Crippen molar-refractivity contribution in [2.24, 2.45) is 0 Å². The summed E-state index contributed by atoms with van der Waals surface area (Å²) in [5, 5.41) is 9.59. The van der Waals surface area contributed by atoms with Gasteiger partial charge in [0.25, 0.3) is 5.91 Å². The van der Waals surface area contributed by atoms with E-state index in [0.717, 1.165) is 29.4 Å². The van der Waals surface area contributed by atoms with Gasteiger partial charge in [-0.3, -0.25) is 4.79 Å². The Morgan fingerprint density at radius 2 is 2.29 bits per heavy atom. The molecule has 1 aromatic carbocycles. The van der Waals surface area contributed by atoms with Crippen molar-refractivity contribution in [3.05, 3.63) is 33.8 Å². The molecule has 0 aliphatic carbocycles. The molecule has 1 fully saturated rings. The number of carbonyl (C=O) groups is 1. The monoisotopic (exact) mass is 297 g/mol. The van der Waals surface area contributed by atoms with Gasteiger partial charge in [-0.25, -0.2) is 0 Å². The SMILES string of the molecule is Cc1ccc(Br)c(C(=O)N2CCCC(O)C2)c1. The molecule has 0 saturated carbocycles. The van der Waals surface area contributed by atoms with Crippen molar-refractivity contribution < 1.29 is 9.90 Å². The molecule has 1 aliphatic rings. The Balaban J connectivity index is 2.21. The van der Waals surface area contributed by atoms with Gasteiger partial charge in [0.15, 0.2) is 0 Å². The predicted octanol–water partition coefficient (Wildman–Crippen LogP) is 2.35. The number of benzene rings is 1. The molecule has 92 valence electrons. The number of nitrogens with zero attached hydrogens (tertiary/aromatic N) is 1. The normalized spacial score (nSPS) is 20.4. The summed E-state index contributed by atoms with van der Waals surface area (Å²) >= 11 is 3.40. The van der Waals surface area contributed by atoms with Crippen LogP contribution in [0.25, 0.3) is 0 Å². The molecule has 2 rings (SSSR count). The molecule has 4 heteroatoms. The first-order chi connectivity index (χ1) is 8.08. The van der Waals surface area contributed by atoms with Gasteiger partial charge in [0.1, 0.15) is 0 Å². The lowest BCUT2D eigenvalue weighted by Gasteiger charge is -2.30. The first kappa shape index (κ1) is 12.6. The Labute approximate surface area is 110 Å². The van der Waals surface area contributed by atoms with Gasteiger partial charge in [0.2, 0.25) is 0 Å². The van der Waals surface area contributed by atoms with E-state index in [1.54, 1.807) is 4.90 Å². The smallest absolute Gasteiger partial charge is 0.255 e. The van der Waals surface area contributed by atoms with Crippen molar-refractivity contribution in [1.29, 1.82) is 0 Å². The lowest BCUT2D eigenvalue weighted by Crippen LogP contribution is -2.42. The summed E-state index contributed by atoms with van der Waals surface area (Å²) in [6.45, 7) is 3.14. The van der Waals surface area contributed by atoms with Crippen molar-refractivity contribution in [2.75, 3.05) is 13.1 Å². The maximum absolute atomic E-state index is 12.3. The van der Waals surface area contributed by atoms with Gasteiger partial charge in [-0.2, -0.15) is 0 Å². The van der Waals surface area contributed by atoms with Crippen LogP contribution in [-0.4, -0.2) is 35.1 Å². The summed E-state index contributed by atoms with van der Waals surface area (Å²) in [7, 11) is 0. The van der Waals surface area contributed by atoms with E-state index in [1.165, 1.54) is 0 Å². The molecular formula is C13H16BrNO2. The highest BCUT2D eigenvalue weighted by Gasteiger charge is 2.24. The second kappa shape index (κ2) is 5.19. The molecule has 17 heavy (non-hydrogen) atoms. The zero-order valence-corrected chi connectivity index (χ0v) is 11.4. The maximum Gasteiger partial charge on any atom is 0.255 e. The Hall–Kier alpha value is -0.870. The number of aryl methyl sites for hydroxylation is 1. The number of likely N-dealkylation sites (tertiary alicyclic amines) is 1. The minimum absolute atomic E-state index is 0.000625. The summed E-state index contributed by atoms with van der Waals surface area (Å²) in [5.74, 6) is -0.000625. The third-order valence-corrected chi connectivity index (χ3v) is 3.73. The van der Waals surface area contributed by atoms with Crippen molar-refractivity contribution in [1.82, 2.24) is 4.90 Å². The average Bonchev–Trinajstić information content (AvgIpc) is 2.31. The first-order valence-electron chi connectivity index (χ1n) is 5.81. The quantitative estimate of drug-likeness (QED) is 0.864. The van der Waals surface area contributed by atoms with Gasteiger partial charge >= 0.3 is 0 Å². The van der Waals surface area contributed by atoms with Crippen LogP contribution in [0.15, 0.2) is 22.7 Å². The highest BCUT2D eigenvalue weighted by atomic mass is 79.9. The molecule has 0 bridgehead atoms. The van der Waals surface area contributed by atoms with Gasteiger partial charge in [-0.15, -0.1) is 0 Å². The molecule has 1 amide bonds. The van der Waals surface area contributed by atoms with Crippen molar-refractivity contribution in [3.8, 4) is 0 Å². The van der Waals surface area contributed by atoms with Crippen LogP contribution in [-0.2, 0) is 0 Å². The van der Waals surface area contributed by atoms with E-state index in [1.807, 2.05) is 25.1 Å². The van der Waals surface area contributed by atoms with Crippen molar-refractivity contribution in [2.45, 2.75) is 25.9 Å². The van der Waals surface area contributed by atoms with Crippen LogP contribution in [0.1, 0.15) is 28.8 Å². The first-order valence-corrected chi connectivity index (χ1v) is 6.60. The van der Waals surface area contributed by atoms with Crippen LogP contribution in [0.4, 0.5) is 0 Å². The summed E-state index contributed by atoms with van der Waals surface area (Å²) in [6.07, 6.45) is 1.28. The van der Waals surface area contributed by atoms with E-state index in [0.29, 0.717) is 12.1 Å². The summed E-state index contributed by atoms with van der Waals surface area (Å²) in [6, 6.07) is 5.74. The van der Waals surface area contributed by atoms with E-state index in [2.05, 4.69) is 15.9 Å². The van der Waals surface area contributed by atoms with Crippen LogP contribution < -0.4 is 0 Å². The second-order valence-electron chi connectivity index (χ2n) is 4.53. The molecule has 3 nitrogen and oxygen atoms in total. The number of carbonyl (C=O) groups excluding carboxylic acids is 1. The zero-order valence-electron chi connectivity index (χ0n) is 9.82. The lowest BCUT2D eigenvalue weighted by atomic mass is 10.1. The van der Waals surface area contributed by atoms with Crippen LogP contribution in [0.5, 0.6) is 0 Å². The topological polar surface area (TPSA) is 40.5 Å². The molecule has 0 spiro atoms. The lowest BCUT2D eigenvalue weighted by molar-refractivity contribution is 0.0473. The Bertz CT molecular complexity index is 433. The number of rotatable bonds is 1. The molecular weight excluding hydrogens is 282 g/mol. The number of aliphatic hydroxyl groups is 1. The fourth-order valence-electron chi connectivity index (χ4n) is 2.11. The number of hydrogen-bond donors (Lipinski definition) is 1. The third kappa shape index (κ3) is 2.87. The van der Waals surface area contributed by atoms with Crippen LogP contribution >= 0.6 is 15.9 Å². The van der Waals surface area contributed by atoms with Crippen LogP contribution in [0.2, 0.25) is 0 Å². The third-order valence-electron chi connectivity index (χ3n) is 3.04. The molecule has 1 atom stereocenters. The van der Waals surface area contributed by atoms with E-state index >= 15 is 0 Å². The van der Waals surface area contributed by atoms with E-state index in [-0.39, 0.29) is 12.0 Å². The van der Waals surface area contributed by atoms with E-state index in [9.17, 15) is 9.90 Å². The van der Waals surface area contributed by atoms with Gasteiger partial charge in [-0.1, -0.05) is 11.6 Å². The average molecular weight is 298 g/mol. The second-order valence-corrected chi connectivity index (χ2v) is 5.38. The number of piperidine rings is 1. The largest absolute Gasteiger partial charge is 0.391 e. The molecule has 1 aliphatic heterocycles. The Morgan fingerprint density at radius 3 is 3.00 bits per heavy atom. The number of halogens is 1. The Morgan fingerprint density at radius 1 is 1.53 bits per heavy atom. The van der Waals surface area contributed by atoms with E-state index < -0.39 is 0 Å². The minimum atomic E-state index is -0.378. The van der Waals surface area contributed by atoms with Gasteiger partial charge < -0.3 is 10.0 Å². The Kier molecular flexibility index (Phi) is 3.84. The molecule has 1 aromatic rings. The standard InChI is InChI=1S/C13H16BrNO2/c1-9-4-5-12(14)11(7-9)13(17)15-6-2-3-10(16)8-15/h4-5,7,10,16H,2-3,6,8H2,1H3. The number of hydrogen-bond acceptors (Lipinski definition) is 2. The summed E-state index contributed by atoms with van der Waals surface area (Å²) in [4.78, 5) is 14.0. The molecule has 0 aromatic heterocycles. The number of aliphatic hydroxyl groups excluding tert-OH is 1. The van der Waals surface area contributed by atoms with Crippen molar-refractivity contribution >= 4 is 21.8 Å². The zero-order chi connectivity index (χ0) is 12.4. The van der Waals surface area contributed by atoms with Crippen LogP contribution in [0.3, 0.4) is 0 Å². The molecule has 1 N–H and O–H groups in total. The van der Waals surface area contributed by atoms with Gasteiger partial charge in [-0.05, 0) is 47.8 Å². The van der Waals surface area contributed by atoms with Crippen LogP contribution in [0, 0.1) is 6.92 Å².